The first-order valence-corrected chi connectivity index (χ1v) is 23.3. The van der Waals surface area contributed by atoms with Crippen LogP contribution in [0.5, 0.6) is 5.75 Å². The fourth-order valence-electron chi connectivity index (χ4n) is 8.35. The Balaban J connectivity index is 1.08. The summed E-state index contributed by atoms with van der Waals surface area (Å²) >= 11 is 0. The van der Waals surface area contributed by atoms with E-state index < -0.39 is 30.2 Å². The molecule has 10 heteroatoms. The van der Waals surface area contributed by atoms with Crippen LogP contribution in [0.1, 0.15) is 81.4 Å². The van der Waals surface area contributed by atoms with Gasteiger partial charge in [-0.05, 0) is 84.5 Å². The number of ether oxygens (including phenoxy) is 1. The van der Waals surface area contributed by atoms with E-state index in [1.54, 1.807) is 39.0 Å². The molecule has 2 fully saturated rings. The molecule has 2 N–H and O–H groups in total. The fourth-order valence-corrected chi connectivity index (χ4v) is 8.35. The minimum absolute atomic E-state index is 0.0613. The first-order valence-electron chi connectivity index (χ1n) is 23.3. The van der Waals surface area contributed by atoms with Gasteiger partial charge in [0.25, 0.3) is 0 Å². The lowest BCUT2D eigenvalue weighted by molar-refractivity contribution is -0.173. The van der Waals surface area contributed by atoms with Crippen LogP contribution in [-0.2, 0) is 38.6 Å². The molecule has 4 amide bonds. The van der Waals surface area contributed by atoms with Gasteiger partial charge in [0.15, 0.2) is 0 Å². The van der Waals surface area contributed by atoms with Crippen molar-refractivity contribution in [3.05, 3.63) is 187 Å². The van der Waals surface area contributed by atoms with Gasteiger partial charge in [0.1, 0.15) is 24.6 Å². The number of nitrogens with zero attached hydrogens (tertiary/aromatic N) is 3. The van der Waals surface area contributed by atoms with Crippen LogP contribution in [0.2, 0.25) is 0 Å². The number of carbonyl (C=O) groups excluding carboxylic acids is 4. The zero-order chi connectivity index (χ0) is 46.4. The predicted molar refractivity (Wildman–Crippen MR) is 263 cm³/mol. The summed E-state index contributed by atoms with van der Waals surface area (Å²) in [7, 11) is 0. The van der Waals surface area contributed by atoms with Crippen LogP contribution >= 0.6 is 0 Å². The number of allylic oxidation sites excluding steroid dienone is 12. The number of nitrogens with one attached hydrogen (secondary N) is 1. The van der Waals surface area contributed by atoms with Gasteiger partial charge in [-0.2, -0.15) is 0 Å². The van der Waals surface area contributed by atoms with E-state index in [9.17, 15) is 24.3 Å². The summed E-state index contributed by atoms with van der Waals surface area (Å²) in [6, 6.07) is 28.0. The highest BCUT2D eigenvalue weighted by atomic mass is 16.5. The number of urea groups is 1. The summed E-state index contributed by atoms with van der Waals surface area (Å²) in [5.74, 6) is -0.859. The van der Waals surface area contributed by atoms with Gasteiger partial charge >= 0.3 is 12.0 Å². The maximum absolute atomic E-state index is 14.6. The molecule has 0 spiro atoms. The number of hydrogen-bond donors (Lipinski definition) is 2. The number of rotatable bonds is 22. The number of hydrogen-bond acceptors (Lipinski definition) is 6. The Morgan fingerprint density at radius 1 is 0.712 bits per heavy atom. The third-order valence-corrected chi connectivity index (χ3v) is 11.7. The molecule has 6 rings (SSSR count). The highest BCUT2D eigenvalue weighted by molar-refractivity contribution is 5.92. The number of piperazine rings is 1. The summed E-state index contributed by atoms with van der Waals surface area (Å²) in [6.45, 7) is 2.54. The second kappa shape index (κ2) is 26.1. The second-order valence-corrected chi connectivity index (χ2v) is 16.6. The quantitative estimate of drug-likeness (QED) is 0.0599. The Kier molecular flexibility index (Phi) is 19.2. The zero-order valence-corrected chi connectivity index (χ0v) is 38.1. The molecule has 2 aliphatic heterocycles. The normalized spacial score (nSPS) is 18.0. The molecule has 2 heterocycles. The highest BCUT2D eigenvalue weighted by Crippen LogP contribution is 2.33. The number of phenolic OH excluding ortho intramolecular Hbond substituents is 1. The molecule has 0 saturated carbocycles. The summed E-state index contributed by atoms with van der Waals surface area (Å²) in [5, 5.41) is 15.1. The molecule has 0 aromatic heterocycles. The topological polar surface area (TPSA) is 119 Å². The van der Waals surface area contributed by atoms with Crippen molar-refractivity contribution in [3.8, 4) is 5.75 Å². The maximum atomic E-state index is 14.6. The summed E-state index contributed by atoms with van der Waals surface area (Å²) in [4.78, 5) is 61.4. The molecule has 0 bridgehead atoms. The second-order valence-electron chi connectivity index (χ2n) is 16.6. The van der Waals surface area contributed by atoms with Crippen molar-refractivity contribution in [1.82, 2.24) is 20.0 Å². The average molecular weight is 889 g/mol. The van der Waals surface area contributed by atoms with Gasteiger partial charge in [-0.1, -0.05) is 165 Å². The van der Waals surface area contributed by atoms with Gasteiger partial charge in [0.2, 0.25) is 11.8 Å². The Morgan fingerprint density at radius 2 is 1.32 bits per heavy atom. The monoisotopic (exact) mass is 888 g/mol. The first-order chi connectivity index (χ1) is 32.3. The molecule has 0 radical (unpaired) electrons. The lowest BCUT2D eigenvalue weighted by atomic mass is 9.94. The largest absolute Gasteiger partial charge is 0.508 e. The lowest BCUT2D eigenvalue weighted by Gasteiger charge is -2.54. The molecule has 2 saturated heterocycles. The Hall–Kier alpha value is -6.94. The van der Waals surface area contributed by atoms with Crippen molar-refractivity contribution in [1.29, 1.82) is 0 Å². The third-order valence-electron chi connectivity index (χ3n) is 11.7. The Labute approximate surface area is 390 Å². The van der Waals surface area contributed by atoms with Crippen LogP contribution in [0, 0.1) is 0 Å². The van der Waals surface area contributed by atoms with E-state index in [2.05, 4.69) is 73.0 Å². The Morgan fingerprint density at radius 3 is 1.98 bits per heavy atom. The van der Waals surface area contributed by atoms with Gasteiger partial charge < -0.3 is 25.0 Å². The minimum Gasteiger partial charge on any atom is -0.508 e. The molecule has 344 valence electrons. The number of carbonyl (C=O) groups is 4. The molecular weight excluding hydrogens is 825 g/mol. The molecule has 66 heavy (non-hydrogen) atoms. The third kappa shape index (κ3) is 14.5. The van der Waals surface area contributed by atoms with Crippen LogP contribution in [0.4, 0.5) is 4.79 Å². The van der Waals surface area contributed by atoms with Crippen molar-refractivity contribution < 1.29 is 29.0 Å². The lowest BCUT2D eigenvalue weighted by Crippen LogP contribution is -2.74. The van der Waals surface area contributed by atoms with Crippen LogP contribution in [0.25, 0.3) is 10.8 Å². The predicted octanol–water partition coefficient (Wildman–Crippen LogP) is 10.7. The van der Waals surface area contributed by atoms with E-state index in [-0.39, 0.29) is 63.1 Å². The average Bonchev–Trinajstić information content (AvgIpc) is 3.33. The van der Waals surface area contributed by atoms with Crippen molar-refractivity contribution in [3.63, 3.8) is 0 Å². The van der Waals surface area contributed by atoms with Gasteiger partial charge in [-0.25, -0.2) is 4.79 Å². The van der Waals surface area contributed by atoms with Crippen LogP contribution in [0.15, 0.2) is 170 Å². The van der Waals surface area contributed by atoms with Crippen molar-refractivity contribution >= 4 is 34.6 Å². The van der Waals surface area contributed by atoms with E-state index in [1.165, 1.54) is 0 Å². The highest BCUT2D eigenvalue weighted by Gasteiger charge is 2.52. The standard InChI is InChI=1S/C56H64N4O6/c1-2-3-4-5-6-7-8-9-10-11-12-13-14-15-16-17-18-19-23-33-54(63)66-43-48-39-53(62)60-51(38-44-34-36-49(61)37-35-44)55(64)58(41-47-31-26-30-46-29-24-25-32-50(46)47)42-52(60)59(48)56(65)57-40-45-27-21-20-22-28-45/h3-4,6-7,9-10,12-13,15-16,18-22,24-32,34-37,48,51-52,61H,2,5,8,11,14,17,23,33,38-43H2,1H3,(H,57,65)/t48-,51-,52+/m0/s1. The molecule has 10 nitrogen and oxygen atoms in total. The zero-order valence-electron chi connectivity index (χ0n) is 38.1. The van der Waals surface area contributed by atoms with Crippen LogP contribution < -0.4 is 5.32 Å². The smallest absolute Gasteiger partial charge is 0.319 e. The van der Waals surface area contributed by atoms with Gasteiger partial charge in [0.05, 0.1) is 19.0 Å². The van der Waals surface area contributed by atoms with E-state index in [0.717, 1.165) is 66.0 Å². The van der Waals surface area contributed by atoms with E-state index in [1.807, 2.05) is 84.9 Å². The van der Waals surface area contributed by atoms with Crippen molar-refractivity contribution in [2.45, 2.75) is 102 Å². The number of amides is 4. The van der Waals surface area contributed by atoms with Gasteiger partial charge in [0, 0.05) is 25.9 Å². The van der Waals surface area contributed by atoms with Crippen molar-refractivity contribution in [2.75, 3.05) is 13.2 Å². The summed E-state index contributed by atoms with van der Waals surface area (Å²) in [5.41, 5.74) is 2.60. The molecular formula is C56H64N4O6. The SMILES string of the molecule is CCC=CCC=CCC=CCC=CCC=CCC=CCCC(=O)OC[C@@H]1CC(=O)N2[C@H](CN(Cc3cccc4ccccc34)C(=O)[C@@H]2Cc2ccc(O)cc2)N1C(=O)NCc1ccccc1. The molecule has 3 atom stereocenters. The number of aromatic hydroxyl groups is 1. The molecule has 0 aliphatic carbocycles. The number of fused-ring (bicyclic) bond motifs is 2. The molecule has 0 unspecified atom stereocenters. The first kappa shape index (κ1) is 48.5. The van der Waals surface area contributed by atoms with Crippen molar-refractivity contribution in [2.24, 2.45) is 0 Å². The summed E-state index contributed by atoms with van der Waals surface area (Å²) in [6.07, 6.45) is 31.1. The van der Waals surface area contributed by atoms with Gasteiger partial charge in [-0.3, -0.25) is 19.3 Å². The van der Waals surface area contributed by atoms with E-state index in [4.69, 9.17) is 4.74 Å². The van der Waals surface area contributed by atoms with Gasteiger partial charge in [-0.15, -0.1) is 0 Å². The number of benzene rings is 4. The maximum Gasteiger partial charge on any atom is 0.319 e. The molecule has 2 aliphatic rings. The number of esters is 1. The van der Waals surface area contributed by atoms with Crippen LogP contribution in [0.3, 0.4) is 0 Å². The van der Waals surface area contributed by atoms with E-state index >= 15 is 0 Å². The van der Waals surface area contributed by atoms with E-state index in [0.29, 0.717) is 6.42 Å². The minimum atomic E-state index is -0.926. The Bertz CT molecular complexity index is 2380. The summed E-state index contributed by atoms with van der Waals surface area (Å²) < 4.78 is 5.81. The fraction of sp³-hybridized carbons (Fsp3) is 0.321. The van der Waals surface area contributed by atoms with Crippen LogP contribution in [-0.4, -0.2) is 75.0 Å². The molecule has 4 aromatic carbocycles. The number of phenols is 1. The molecule has 4 aromatic rings.